The molecule has 3 N–H and O–H groups in total. The molecule has 0 unspecified atom stereocenters. The lowest BCUT2D eigenvalue weighted by Crippen LogP contribution is -2.42. The summed E-state index contributed by atoms with van der Waals surface area (Å²) in [5.74, 6) is -5.14. The Morgan fingerprint density at radius 2 is 1.09 bits per heavy atom. The molecular weight excluding hydrogens is 680 g/mol. The van der Waals surface area contributed by atoms with E-state index in [1.807, 2.05) is 5.32 Å². The van der Waals surface area contributed by atoms with E-state index in [0.29, 0.717) is 0 Å². The minimum atomic E-state index is -1.51. The lowest BCUT2D eigenvalue weighted by molar-refractivity contribution is -0.145. The minimum Gasteiger partial charge on any atom is -0.481 e. The van der Waals surface area contributed by atoms with Crippen LogP contribution in [0.2, 0.25) is 20.1 Å². The van der Waals surface area contributed by atoms with Crippen molar-refractivity contribution in [3.63, 3.8) is 0 Å². The summed E-state index contributed by atoms with van der Waals surface area (Å²) < 4.78 is 14.5. The normalized spacial score (nSPS) is 10.8. The lowest BCUT2D eigenvalue weighted by atomic mass is 10.2. The Bertz CT molecular complexity index is 1440. The average molecular weight is 703 g/mol. The van der Waals surface area contributed by atoms with Crippen LogP contribution in [0, 0.1) is 0 Å². The predicted molar refractivity (Wildman–Crippen MR) is 162 cm³/mol. The van der Waals surface area contributed by atoms with Gasteiger partial charge in [0.2, 0.25) is 5.78 Å². The second-order valence-electron chi connectivity index (χ2n) is 8.58. The molecule has 0 fully saturated rings. The maximum Gasteiger partial charge on any atom is 0.408 e. The van der Waals surface area contributed by atoms with Crippen LogP contribution in [0.4, 0.5) is 4.79 Å². The molecule has 0 spiro atoms. The molecule has 0 heterocycles. The number of aliphatic carboxylic acids is 2. The van der Waals surface area contributed by atoms with Crippen molar-refractivity contribution in [3.05, 3.63) is 104 Å². The highest BCUT2D eigenvalue weighted by Gasteiger charge is 2.24. The van der Waals surface area contributed by atoms with Gasteiger partial charge in [0.25, 0.3) is 0 Å². The zero-order valence-electron chi connectivity index (χ0n) is 22.8. The number of ketones is 1. The van der Waals surface area contributed by atoms with E-state index in [4.69, 9.17) is 70.8 Å². The van der Waals surface area contributed by atoms with Crippen molar-refractivity contribution in [2.75, 3.05) is 13.2 Å². The topological polar surface area (TPSA) is 183 Å². The maximum atomic E-state index is 12.0. The van der Waals surface area contributed by atoms with Gasteiger partial charge in [0.1, 0.15) is 12.6 Å². The number of ether oxygens (including phenoxy) is 3. The summed E-state index contributed by atoms with van der Waals surface area (Å²) in [5.41, 5.74) is 0.634. The van der Waals surface area contributed by atoms with Gasteiger partial charge in [-0.1, -0.05) is 88.9 Å². The number of esters is 2. The third-order valence-corrected chi connectivity index (χ3v) is 6.50. The molecule has 0 aliphatic rings. The molecular formula is C29H23Cl4NO11. The van der Waals surface area contributed by atoms with Gasteiger partial charge in [-0.3, -0.25) is 9.59 Å². The molecule has 45 heavy (non-hydrogen) atoms. The van der Waals surface area contributed by atoms with E-state index < -0.39 is 61.4 Å². The summed E-state index contributed by atoms with van der Waals surface area (Å²) in [6, 6.07) is 16.2. The second-order valence-corrected chi connectivity index (χ2v) is 10.2. The zero-order chi connectivity index (χ0) is 33.5. The third-order valence-electron chi connectivity index (χ3n) is 5.24. The van der Waals surface area contributed by atoms with E-state index in [-0.39, 0.29) is 37.8 Å². The first-order valence-corrected chi connectivity index (χ1v) is 14.0. The van der Waals surface area contributed by atoms with Crippen LogP contribution in [0.3, 0.4) is 0 Å². The summed E-state index contributed by atoms with van der Waals surface area (Å²) in [4.78, 5) is 68.1. The Hall–Kier alpha value is -4.36. The van der Waals surface area contributed by atoms with Crippen molar-refractivity contribution in [1.29, 1.82) is 0 Å². The summed E-state index contributed by atoms with van der Waals surface area (Å²) >= 11 is 23.5. The molecule has 238 valence electrons. The first kappa shape index (κ1) is 36.8. The Labute approximate surface area is 275 Å². The van der Waals surface area contributed by atoms with Gasteiger partial charge >= 0.3 is 30.0 Å². The van der Waals surface area contributed by atoms with E-state index in [0.717, 1.165) is 5.56 Å². The Morgan fingerprint density at radius 3 is 1.49 bits per heavy atom. The molecule has 1 amide bonds. The summed E-state index contributed by atoms with van der Waals surface area (Å²) in [6.07, 6.45) is -1.69. The summed E-state index contributed by atoms with van der Waals surface area (Å²) in [6.45, 7) is -1.26. The van der Waals surface area contributed by atoms with E-state index in [9.17, 15) is 28.8 Å². The predicted octanol–water partition coefficient (Wildman–Crippen LogP) is 5.72. The number of carboxylic acid groups (broad SMARTS) is 2. The fourth-order valence-electron chi connectivity index (χ4n) is 3.15. The van der Waals surface area contributed by atoms with Crippen LogP contribution < -0.4 is 5.32 Å². The largest absolute Gasteiger partial charge is 0.481 e. The maximum absolute atomic E-state index is 12.0. The molecule has 0 saturated heterocycles. The smallest absolute Gasteiger partial charge is 0.408 e. The van der Waals surface area contributed by atoms with Gasteiger partial charge in [-0.2, -0.15) is 0 Å². The van der Waals surface area contributed by atoms with Crippen molar-refractivity contribution < 1.29 is 53.2 Å². The fraction of sp³-hybridized carbons (Fsp3) is 0.172. The van der Waals surface area contributed by atoms with Gasteiger partial charge in [0, 0.05) is 0 Å². The molecule has 0 bridgehead atoms. The summed E-state index contributed by atoms with van der Waals surface area (Å²) in [7, 11) is 0. The number of amides is 1. The van der Waals surface area contributed by atoms with E-state index >= 15 is 0 Å². The number of rotatable bonds is 12. The van der Waals surface area contributed by atoms with E-state index in [2.05, 4.69) is 0 Å². The number of alkyl carbamates (subject to hydrolysis) is 1. The van der Waals surface area contributed by atoms with Crippen LogP contribution in [-0.2, 0) is 35.2 Å². The van der Waals surface area contributed by atoms with Crippen molar-refractivity contribution >= 4 is 82.2 Å². The van der Waals surface area contributed by atoms with Gasteiger partial charge < -0.3 is 29.7 Å². The SMILES string of the molecule is O=C(COC(=O)c1c(Cl)cccc1Cl)COC(=O)c1c(Cl)cccc1Cl.O=C(O)C[C@@H](NC(=O)OCc1ccccc1)C(=O)O. The lowest BCUT2D eigenvalue weighted by Gasteiger charge is -2.12. The molecule has 3 aromatic carbocycles. The number of carboxylic acids is 2. The number of halogens is 4. The van der Waals surface area contributed by atoms with Crippen molar-refractivity contribution in [2.24, 2.45) is 0 Å². The van der Waals surface area contributed by atoms with Crippen LogP contribution in [-0.4, -0.2) is 65.2 Å². The average Bonchev–Trinajstić information content (AvgIpc) is 2.98. The number of carbonyl (C=O) groups excluding carboxylic acids is 4. The molecule has 3 rings (SSSR count). The fourth-order valence-corrected chi connectivity index (χ4v) is 4.25. The molecule has 0 aliphatic heterocycles. The first-order valence-electron chi connectivity index (χ1n) is 12.5. The molecule has 16 heteroatoms. The zero-order valence-corrected chi connectivity index (χ0v) is 25.9. The van der Waals surface area contributed by atoms with Crippen molar-refractivity contribution in [1.82, 2.24) is 5.32 Å². The number of nitrogens with one attached hydrogen (secondary N) is 1. The molecule has 1 atom stereocenters. The van der Waals surface area contributed by atoms with Crippen LogP contribution in [0.5, 0.6) is 0 Å². The van der Waals surface area contributed by atoms with Crippen molar-refractivity contribution in [3.8, 4) is 0 Å². The van der Waals surface area contributed by atoms with E-state index in [1.165, 1.54) is 24.3 Å². The molecule has 12 nitrogen and oxygen atoms in total. The van der Waals surface area contributed by atoms with Crippen LogP contribution in [0.1, 0.15) is 32.7 Å². The van der Waals surface area contributed by atoms with Crippen LogP contribution >= 0.6 is 46.4 Å². The minimum absolute atomic E-state index is 0.0217. The number of hydrogen-bond donors (Lipinski definition) is 3. The number of hydrogen-bond acceptors (Lipinski definition) is 9. The first-order chi connectivity index (χ1) is 21.3. The van der Waals surface area contributed by atoms with Crippen molar-refractivity contribution in [2.45, 2.75) is 19.1 Å². The quantitative estimate of drug-likeness (QED) is 0.155. The summed E-state index contributed by atoms with van der Waals surface area (Å²) in [5, 5.41) is 19.6. The Morgan fingerprint density at radius 1 is 0.644 bits per heavy atom. The van der Waals surface area contributed by atoms with E-state index in [1.54, 1.807) is 42.5 Å². The highest BCUT2D eigenvalue weighted by molar-refractivity contribution is 6.40. The monoisotopic (exact) mass is 701 g/mol. The van der Waals surface area contributed by atoms with Gasteiger partial charge in [-0.05, 0) is 29.8 Å². The molecule has 0 aliphatic carbocycles. The highest BCUT2D eigenvalue weighted by atomic mass is 35.5. The van der Waals surface area contributed by atoms with Gasteiger partial charge in [-0.25, -0.2) is 19.2 Å². The highest BCUT2D eigenvalue weighted by Crippen LogP contribution is 2.26. The van der Waals surface area contributed by atoms with Gasteiger partial charge in [0.05, 0.1) is 37.6 Å². The standard InChI is InChI=1S/C17H10Cl4O5.C12H13NO6/c18-10-3-1-4-11(19)14(10)16(23)25-7-9(22)8-26-17(24)15-12(20)5-2-6-13(15)21;14-10(15)6-9(11(16)17)13-12(18)19-7-8-4-2-1-3-5-8/h1-6H,7-8H2;1-5,9H,6-7H2,(H,13,18)(H,14,15)(H,16,17)/t;9-/m.1/s1. The number of benzene rings is 3. The van der Waals surface area contributed by atoms with Gasteiger partial charge in [0.15, 0.2) is 13.2 Å². The second kappa shape index (κ2) is 18.4. The van der Waals surface area contributed by atoms with Gasteiger partial charge in [-0.15, -0.1) is 0 Å². The third kappa shape index (κ3) is 12.6. The molecule has 3 aromatic rings. The molecule has 0 aromatic heterocycles. The van der Waals surface area contributed by atoms with Crippen LogP contribution in [0.15, 0.2) is 66.7 Å². The number of Topliss-reactive ketones (excluding diaryl/α,β-unsaturated/α-hetero) is 1. The number of carbonyl (C=O) groups is 6. The Kier molecular flexibility index (Phi) is 15.1. The van der Waals surface area contributed by atoms with Crippen LogP contribution in [0.25, 0.3) is 0 Å². The molecule has 0 saturated carbocycles. The molecule has 0 radical (unpaired) electrons. The Balaban J connectivity index is 0.000000330.